The first-order valence-electron chi connectivity index (χ1n) is 18.9. The lowest BCUT2D eigenvalue weighted by molar-refractivity contribution is 0.0350. The Balaban J connectivity index is 2.86. The Kier molecular flexibility index (Phi) is 19.8. The number of hydrogen-bond donors (Lipinski definition) is 4. The van der Waals surface area contributed by atoms with Crippen LogP contribution in [0.4, 0.5) is 24.9 Å². The molecule has 0 atom stereocenters. The van der Waals surface area contributed by atoms with Crippen molar-refractivity contribution in [3.8, 4) is 5.75 Å². The molecule has 4 amide bonds. The summed E-state index contributed by atoms with van der Waals surface area (Å²) < 4.78 is 27.5. The van der Waals surface area contributed by atoms with Crippen LogP contribution in [0.1, 0.15) is 128 Å². The van der Waals surface area contributed by atoms with Gasteiger partial charge in [0.2, 0.25) is 11.9 Å². The largest absolute Gasteiger partial charge is 0.493 e. The number of hydrogen-bond acceptors (Lipinski definition) is 12. The molecule has 1 aromatic carbocycles. The highest BCUT2D eigenvalue weighted by molar-refractivity contribution is 6.02. The van der Waals surface area contributed by atoms with E-state index in [2.05, 4.69) is 25.9 Å². The number of benzene rings is 1. The average molecular weight is 778 g/mol. The molecule has 16 nitrogen and oxygen atoms in total. The van der Waals surface area contributed by atoms with Gasteiger partial charge in [-0.15, -0.1) is 0 Å². The van der Waals surface area contributed by atoms with Crippen molar-refractivity contribution in [2.45, 2.75) is 150 Å². The number of ether oxygens (including phenoxy) is 5. The molecule has 0 bridgehead atoms. The van der Waals surface area contributed by atoms with Crippen molar-refractivity contribution in [3.05, 3.63) is 24.3 Å². The monoisotopic (exact) mass is 778 g/mol. The Morgan fingerprint density at radius 1 is 0.618 bits per heavy atom. The van der Waals surface area contributed by atoms with E-state index in [1.165, 1.54) is 4.90 Å². The van der Waals surface area contributed by atoms with Crippen LogP contribution in [0.2, 0.25) is 0 Å². The lowest BCUT2D eigenvalue weighted by Crippen LogP contribution is -2.50. The van der Waals surface area contributed by atoms with Crippen molar-refractivity contribution in [2.24, 2.45) is 9.98 Å². The van der Waals surface area contributed by atoms with E-state index in [-0.39, 0.29) is 25.1 Å². The van der Waals surface area contributed by atoms with E-state index in [4.69, 9.17) is 29.4 Å². The Bertz CT molecular complexity index is 1400. The van der Waals surface area contributed by atoms with Gasteiger partial charge in [-0.25, -0.2) is 24.1 Å². The van der Waals surface area contributed by atoms with Gasteiger partial charge in [0.05, 0.1) is 6.61 Å². The molecule has 0 heterocycles. The molecular formula is C39H67N7O9. The number of unbranched alkanes of at least 4 members (excludes halogenated alkanes) is 5. The van der Waals surface area contributed by atoms with E-state index < -0.39 is 46.8 Å². The van der Waals surface area contributed by atoms with Gasteiger partial charge in [0.1, 0.15) is 28.2 Å². The minimum atomic E-state index is -0.791. The number of rotatable bonds is 14. The third-order valence-corrected chi connectivity index (χ3v) is 6.47. The molecule has 0 aliphatic rings. The fourth-order valence-electron chi connectivity index (χ4n) is 4.42. The lowest BCUT2D eigenvalue weighted by Gasteiger charge is -2.29. The van der Waals surface area contributed by atoms with Crippen molar-refractivity contribution in [1.82, 2.24) is 20.9 Å². The van der Waals surface area contributed by atoms with Gasteiger partial charge in [0, 0.05) is 31.4 Å². The van der Waals surface area contributed by atoms with Crippen LogP contribution in [0.3, 0.4) is 0 Å². The minimum Gasteiger partial charge on any atom is -0.493 e. The first kappa shape index (κ1) is 48.3. The van der Waals surface area contributed by atoms with Crippen LogP contribution in [0, 0.1) is 0 Å². The molecule has 0 saturated carbocycles. The first-order chi connectivity index (χ1) is 25.3. The maximum atomic E-state index is 13.4. The van der Waals surface area contributed by atoms with Crippen molar-refractivity contribution in [3.63, 3.8) is 0 Å². The number of guanidine groups is 2. The third kappa shape index (κ3) is 25.8. The second kappa shape index (κ2) is 22.6. The highest BCUT2D eigenvalue weighted by Gasteiger charge is 2.28. The van der Waals surface area contributed by atoms with Gasteiger partial charge >= 0.3 is 24.4 Å². The zero-order valence-electron chi connectivity index (χ0n) is 35.2. The van der Waals surface area contributed by atoms with Crippen molar-refractivity contribution in [1.29, 1.82) is 0 Å². The van der Waals surface area contributed by atoms with Gasteiger partial charge < -0.3 is 29.4 Å². The number of alkyl carbamates (subject to hydrolysis) is 3. The summed E-state index contributed by atoms with van der Waals surface area (Å²) >= 11 is 0. The highest BCUT2D eigenvalue weighted by atomic mass is 16.6. The number of anilines is 1. The molecule has 0 aliphatic carbocycles. The summed E-state index contributed by atoms with van der Waals surface area (Å²) in [5.41, 5.74) is 3.41. The first-order valence-corrected chi connectivity index (χ1v) is 18.9. The smallest absolute Gasteiger partial charge is 0.417 e. The topological polar surface area (TPSA) is 204 Å². The van der Waals surface area contributed by atoms with Crippen LogP contribution in [-0.4, -0.2) is 89.8 Å². The van der Waals surface area contributed by atoms with Crippen LogP contribution in [0.25, 0.3) is 0 Å². The molecule has 312 valence electrons. The van der Waals surface area contributed by atoms with Crippen LogP contribution in [0.15, 0.2) is 34.3 Å². The van der Waals surface area contributed by atoms with E-state index >= 15 is 0 Å². The summed E-state index contributed by atoms with van der Waals surface area (Å²) in [6.45, 7) is 22.0. The van der Waals surface area contributed by atoms with Gasteiger partial charge in [-0.05, 0) is 114 Å². The van der Waals surface area contributed by atoms with Gasteiger partial charge in [-0.2, -0.15) is 0 Å². The second-order valence-corrected chi connectivity index (χ2v) is 16.8. The predicted octanol–water partition coefficient (Wildman–Crippen LogP) is 7.90. The molecule has 55 heavy (non-hydrogen) atoms. The molecular weight excluding hydrogens is 710 g/mol. The number of aliphatic imine (C=N–C) groups is 2. The van der Waals surface area contributed by atoms with Crippen molar-refractivity contribution < 1.29 is 42.9 Å². The standard InChI is InChI=1S/C39H67N7O9/c1-36(2,3)52-32(47)43-30(44-33(48)53-37(4,5)6)41-23-17-15-13-14-16-18-24-42-31(45-34(49)54-38(7,8)9)46(35(50)55-39(10,11)12)25-20-26-51-29-22-19-21-28(40)27-29/h19,21-22,27H,13-18,20,23-26,40H2,1-12H3,(H,42,45,49)(H2,41,43,44,47,48). The fraction of sp³-hybridized carbons (Fsp3) is 0.692. The van der Waals surface area contributed by atoms with E-state index in [9.17, 15) is 19.2 Å². The van der Waals surface area contributed by atoms with E-state index in [1.807, 2.05) is 0 Å². The number of nitrogens with one attached hydrogen (secondary N) is 3. The van der Waals surface area contributed by atoms with Crippen LogP contribution in [0.5, 0.6) is 5.75 Å². The molecule has 0 saturated heterocycles. The molecule has 1 aromatic rings. The average Bonchev–Trinajstić information content (AvgIpc) is 2.97. The van der Waals surface area contributed by atoms with Gasteiger partial charge in [0.25, 0.3) is 0 Å². The minimum absolute atomic E-state index is 0.0288. The zero-order chi connectivity index (χ0) is 41.9. The Morgan fingerprint density at radius 2 is 1.07 bits per heavy atom. The van der Waals surface area contributed by atoms with Crippen LogP contribution < -0.4 is 26.4 Å². The fourth-order valence-corrected chi connectivity index (χ4v) is 4.42. The molecule has 0 spiro atoms. The van der Waals surface area contributed by atoms with Crippen molar-refractivity contribution in [2.75, 3.05) is 32.0 Å². The van der Waals surface area contributed by atoms with Crippen molar-refractivity contribution >= 4 is 42.0 Å². The summed E-state index contributed by atoms with van der Waals surface area (Å²) in [4.78, 5) is 61.1. The van der Waals surface area contributed by atoms with Crippen LogP contribution >= 0.6 is 0 Å². The van der Waals surface area contributed by atoms with Gasteiger partial charge in [-0.3, -0.25) is 25.9 Å². The molecule has 0 radical (unpaired) electrons. The maximum absolute atomic E-state index is 13.4. The summed E-state index contributed by atoms with van der Waals surface area (Å²) in [5, 5.41) is 7.63. The highest BCUT2D eigenvalue weighted by Crippen LogP contribution is 2.16. The van der Waals surface area contributed by atoms with E-state index in [1.54, 1.807) is 107 Å². The second-order valence-electron chi connectivity index (χ2n) is 16.8. The Hall–Kier alpha value is -4.76. The third-order valence-electron chi connectivity index (χ3n) is 6.47. The Labute approximate surface area is 327 Å². The van der Waals surface area contributed by atoms with E-state index in [0.717, 1.165) is 25.7 Å². The summed E-state index contributed by atoms with van der Waals surface area (Å²) in [7, 11) is 0. The number of carbonyl (C=O) groups is 4. The maximum Gasteiger partial charge on any atom is 0.417 e. The SMILES string of the molecule is CC(C)(C)OC(=O)NC(=NCCCCCCCCN=C(NC(=O)OC(C)(C)C)N(CCCOc1cccc(N)c1)C(=O)OC(C)(C)C)NC(=O)OC(C)(C)C. The van der Waals surface area contributed by atoms with Gasteiger partial charge in [0.15, 0.2) is 0 Å². The number of nitrogens with two attached hydrogens (primary N) is 1. The molecule has 0 fully saturated rings. The molecule has 5 N–H and O–H groups in total. The predicted molar refractivity (Wildman–Crippen MR) is 214 cm³/mol. The Morgan fingerprint density at radius 3 is 1.55 bits per heavy atom. The summed E-state index contributed by atoms with van der Waals surface area (Å²) in [5.74, 6) is 0.583. The quantitative estimate of drug-likeness (QED) is 0.0472. The number of amides is 4. The number of nitrogen functional groups attached to an aromatic ring is 1. The normalized spacial score (nSPS) is 12.2. The summed E-state index contributed by atoms with van der Waals surface area (Å²) in [6.07, 6.45) is 2.43. The lowest BCUT2D eigenvalue weighted by atomic mass is 10.1. The summed E-state index contributed by atoms with van der Waals surface area (Å²) in [6, 6.07) is 7.06. The zero-order valence-corrected chi connectivity index (χ0v) is 35.2. The van der Waals surface area contributed by atoms with Crippen LogP contribution in [-0.2, 0) is 18.9 Å². The molecule has 0 unspecified atom stereocenters. The van der Waals surface area contributed by atoms with Gasteiger partial charge in [-0.1, -0.05) is 31.7 Å². The number of carbonyl (C=O) groups excluding carboxylic acids is 4. The molecule has 1 rings (SSSR count). The molecule has 0 aromatic heterocycles. The van der Waals surface area contributed by atoms with E-state index in [0.29, 0.717) is 43.8 Å². The molecule has 16 heteroatoms. The number of nitrogens with zero attached hydrogens (tertiary/aromatic N) is 3. The molecule has 0 aliphatic heterocycles.